The zero-order chi connectivity index (χ0) is 13.5. The van der Waals surface area contributed by atoms with Gasteiger partial charge in [-0.25, -0.2) is 0 Å². The standard InChI is InChI=1S/C14H17NO4/c1-9-6-11-12(19-5-4-18-11)7-10(9)15-13(17)14(8-16)2-3-14/h6-7,16H,2-5,8H2,1H3,(H,15,17). The predicted molar refractivity (Wildman–Crippen MR) is 69.6 cm³/mol. The second-order valence-corrected chi connectivity index (χ2v) is 5.20. The van der Waals surface area contributed by atoms with Gasteiger partial charge in [0.25, 0.3) is 0 Å². The highest BCUT2D eigenvalue weighted by atomic mass is 16.6. The van der Waals surface area contributed by atoms with E-state index in [2.05, 4.69) is 5.32 Å². The summed E-state index contributed by atoms with van der Waals surface area (Å²) in [5, 5.41) is 12.1. The lowest BCUT2D eigenvalue weighted by atomic mass is 10.1. The van der Waals surface area contributed by atoms with E-state index in [1.54, 1.807) is 6.07 Å². The Bertz CT molecular complexity index is 522. The minimum absolute atomic E-state index is 0.0948. The van der Waals surface area contributed by atoms with Crippen molar-refractivity contribution in [1.82, 2.24) is 0 Å². The van der Waals surface area contributed by atoms with E-state index in [-0.39, 0.29) is 12.5 Å². The van der Waals surface area contributed by atoms with Gasteiger partial charge in [0.05, 0.1) is 12.0 Å². The Morgan fingerprint density at radius 1 is 1.32 bits per heavy atom. The molecule has 102 valence electrons. The second kappa shape index (κ2) is 4.42. The summed E-state index contributed by atoms with van der Waals surface area (Å²) in [4.78, 5) is 12.1. The Labute approximate surface area is 111 Å². The number of carbonyl (C=O) groups is 1. The number of amides is 1. The Morgan fingerprint density at radius 2 is 1.95 bits per heavy atom. The lowest BCUT2D eigenvalue weighted by Crippen LogP contribution is -2.27. The summed E-state index contributed by atoms with van der Waals surface area (Å²) in [5.74, 6) is 1.25. The van der Waals surface area contributed by atoms with E-state index in [4.69, 9.17) is 9.47 Å². The highest BCUT2D eigenvalue weighted by molar-refractivity contribution is 5.98. The highest BCUT2D eigenvalue weighted by Crippen LogP contribution is 2.46. The van der Waals surface area contributed by atoms with Crippen LogP contribution in [0.25, 0.3) is 0 Å². The van der Waals surface area contributed by atoms with Crippen molar-refractivity contribution in [1.29, 1.82) is 0 Å². The molecular formula is C14H17NO4. The molecule has 5 heteroatoms. The van der Waals surface area contributed by atoms with E-state index in [0.29, 0.717) is 30.4 Å². The van der Waals surface area contributed by atoms with Crippen LogP contribution in [-0.2, 0) is 4.79 Å². The second-order valence-electron chi connectivity index (χ2n) is 5.20. The van der Waals surface area contributed by atoms with Gasteiger partial charge in [-0.2, -0.15) is 0 Å². The molecule has 1 aromatic carbocycles. The summed E-state index contributed by atoms with van der Waals surface area (Å²) in [5.41, 5.74) is 1.07. The molecule has 0 unspecified atom stereocenters. The third-order valence-electron chi connectivity index (χ3n) is 3.78. The summed E-state index contributed by atoms with van der Waals surface area (Å²) in [6.45, 7) is 2.88. The zero-order valence-corrected chi connectivity index (χ0v) is 10.9. The number of aliphatic hydroxyl groups is 1. The third-order valence-corrected chi connectivity index (χ3v) is 3.78. The van der Waals surface area contributed by atoms with Crippen molar-refractivity contribution in [3.05, 3.63) is 17.7 Å². The van der Waals surface area contributed by atoms with Crippen LogP contribution in [0.3, 0.4) is 0 Å². The van der Waals surface area contributed by atoms with E-state index in [9.17, 15) is 9.90 Å². The quantitative estimate of drug-likeness (QED) is 0.866. The Hall–Kier alpha value is -1.75. The monoisotopic (exact) mass is 263 g/mol. The summed E-state index contributed by atoms with van der Waals surface area (Å²) >= 11 is 0. The van der Waals surface area contributed by atoms with Crippen molar-refractivity contribution >= 4 is 11.6 Å². The van der Waals surface area contributed by atoms with Gasteiger partial charge in [-0.3, -0.25) is 4.79 Å². The first-order valence-corrected chi connectivity index (χ1v) is 6.47. The molecule has 1 aliphatic heterocycles. The molecular weight excluding hydrogens is 246 g/mol. The summed E-state index contributed by atoms with van der Waals surface area (Å²) in [6.07, 6.45) is 1.50. The average molecular weight is 263 g/mol. The Balaban J connectivity index is 1.83. The van der Waals surface area contributed by atoms with Crippen molar-refractivity contribution in [2.24, 2.45) is 5.41 Å². The normalized spacial score (nSPS) is 18.8. The van der Waals surface area contributed by atoms with Gasteiger partial charge in [-0.05, 0) is 31.4 Å². The predicted octanol–water partition coefficient (Wildman–Crippen LogP) is 1.48. The maximum Gasteiger partial charge on any atom is 0.232 e. The van der Waals surface area contributed by atoms with Gasteiger partial charge in [0.1, 0.15) is 13.2 Å². The first-order valence-electron chi connectivity index (χ1n) is 6.47. The molecule has 0 aromatic heterocycles. The minimum Gasteiger partial charge on any atom is -0.486 e. The van der Waals surface area contributed by atoms with Crippen LogP contribution in [-0.4, -0.2) is 30.8 Å². The molecule has 0 radical (unpaired) electrons. The van der Waals surface area contributed by atoms with Crippen LogP contribution in [0.15, 0.2) is 12.1 Å². The van der Waals surface area contributed by atoms with Crippen LogP contribution in [0.1, 0.15) is 18.4 Å². The summed E-state index contributed by atoms with van der Waals surface area (Å²) in [7, 11) is 0. The van der Waals surface area contributed by atoms with E-state index < -0.39 is 5.41 Å². The largest absolute Gasteiger partial charge is 0.486 e. The number of ether oxygens (including phenoxy) is 2. The van der Waals surface area contributed by atoms with Crippen molar-refractivity contribution in [2.45, 2.75) is 19.8 Å². The van der Waals surface area contributed by atoms with Crippen molar-refractivity contribution in [2.75, 3.05) is 25.1 Å². The van der Waals surface area contributed by atoms with Gasteiger partial charge in [0.2, 0.25) is 5.91 Å². The van der Waals surface area contributed by atoms with Gasteiger partial charge >= 0.3 is 0 Å². The van der Waals surface area contributed by atoms with Crippen molar-refractivity contribution < 1.29 is 19.4 Å². The number of aliphatic hydroxyl groups excluding tert-OH is 1. The van der Waals surface area contributed by atoms with E-state index >= 15 is 0 Å². The molecule has 0 saturated heterocycles. The lowest BCUT2D eigenvalue weighted by Gasteiger charge is -2.21. The number of aryl methyl sites for hydroxylation is 1. The number of hydrogen-bond donors (Lipinski definition) is 2. The first-order chi connectivity index (χ1) is 9.14. The smallest absolute Gasteiger partial charge is 0.232 e. The van der Waals surface area contributed by atoms with Gasteiger partial charge in [-0.15, -0.1) is 0 Å². The molecule has 1 fully saturated rings. The van der Waals surface area contributed by atoms with E-state index in [0.717, 1.165) is 18.4 Å². The van der Waals surface area contributed by atoms with Crippen LogP contribution < -0.4 is 14.8 Å². The summed E-state index contributed by atoms with van der Waals surface area (Å²) in [6, 6.07) is 3.65. The molecule has 2 aliphatic rings. The van der Waals surface area contributed by atoms with Crippen molar-refractivity contribution in [3.63, 3.8) is 0 Å². The first kappa shape index (κ1) is 12.3. The SMILES string of the molecule is Cc1cc2c(cc1NC(=O)C1(CO)CC1)OCCO2. The van der Waals surface area contributed by atoms with E-state index in [1.165, 1.54) is 0 Å². The number of carbonyl (C=O) groups excluding carboxylic acids is 1. The molecule has 0 spiro atoms. The summed E-state index contributed by atoms with van der Waals surface area (Å²) < 4.78 is 11.0. The highest BCUT2D eigenvalue weighted by Gasteiger charge is 2.49. The van der Waals surface area contributed by atoms with Gasteiger partial charge in [0, 0.05) is 11.8 Å². The lowest BCUT2D eigenvalue weighted by molar-refractivity contribution is -0.122. The van der Waals surface area contributed by atoms with Crippen LogP contribution in [0.4, 0.5) is 5.69 Å². The maximum atomic E-state index is 12.1. The average Bonchev–Trinajstić information content (AvgIpc) is 3.20. The minimum atomic E-state index is -0.570. The third kappa shape index (κ3) is 2.14. The molecule has 1 heterocycles. The molecule has 0 bridgehead atoms. The number of hydrogen-bond acceptors (Lipinski definition) is 4. The maximum absolute atomic E-state index is 12.1. The van der Waals surface area contributed by atoms with Crippen LogP contribution in [0.5, 0.6) is 11.5 Å². The molecule has 0 atom stereocenters. The number of anilines is 1. The molecule has 1 saturated carbocycles. The number of benzene rings is 1. The van der Waals surface area contributed by atoms with Crippen LogP contribution in [0, 0.1) is 12.3 Å². The van der Waals surface area contributed by atoms with E-state index in [1.807, 2.05) is 13.0 Å². The number of nitrogens with one attached hydrogen (secondary N) is 1. The molecule has 1 aliphatic carbocycles. The topological polar surface area (TPSA) is 67.8 Å². The Kier molecular flexibility index (Phi) is 2.86. The molecule has 3 rings (SSSR count). The van der Waals surface area contributed by atoms with Crippen LogP contribution >= 0.6 is 0 Å². The molecule has 2 N–H and O–H groups in total. The van der Waals surface area contributed by atoms with Crippen LogP contribution in [0.2, 0.25) is 0 Å². The zero-order valence-electron chi connectivity index (χ0n) is 10.9. The van der Waals surface area contributed by atoms with Gasteiger partial charge in [-0.1, -0.05) is 0 Å². The fraction of sp³-hybridized carbons (Fsp3) is 0.500. The van der Waals surface area contributed by atoms with Gasteiger partial charge in [0.15, 0.2) is 11.5 Å². The number of rotatable bonds is 3. The molecule has 19 heavy (non-hydrogen) atoms. The van der Waals surface area contributed by atoms with Crippen molar-refractivity contribution in [3.8, 4) is 11.5 Å². The van der Waals surface area contributed by atoms with Gasteiger partial charge < -0.3 is 19.9 Å². The number of fused-ring (bicyclic) bond motifs is 1. The molecule has 1 aromatic rings. The molecule has 1 amide bonds. The fourth-order valence-corrected chi connectivity index (χ4v) is 2.19. The fourth-order valence-electron chi connectivity index (χ4n) is 2.19. The molecule has 5 nitrogen and oxygen atoms in total. The Morgan fingerprint density at radius 3 is 2.53 bits per heavy atom.